The van der Waals surface area contributed by atoms with Gasteiger partial charge in [-0.15, -0.1) is 0 Å². The molecule has 6 aromatic rings. The van der Waals surface area contributed by atoms with E-state index in [1.165, 1.54) is 0 Å². The van der Waals surface area contributed by atoms with Gasteiger partial charge in [-0.3, -0.25) is 0 Å². The highest BCUT2D eigenvalue weighted by Gasteiger charge is 2.67. The van der Waals surface area contributed by atoms with Gasteiger partial charge in [-0.25, -0.2) is 0 Å². The van der Waals surface area contributed by atoms with Crippen LogP contribution in [-0.4, -0.2) is 25.7 Å². The molecular formula is C36H24Cl6O3Si3. The van der Waals surface area contributed by atoms with Crippen molar-refractivity contribution < 1.29 is 12.3 Å². The topological polar surface area (TPSA) is 27.7 Å². The standard InChI is InChI=1S/C36H24Cl6O3Si3/c37-25-7-1-13-31(19-25)46(32-14-2-8-26(38)20-32)43-47(33-15-3-9-27(39)21-33,34-16-4-10-28(40)22-34)45-48(44-46,35-17-5-11-29(41)23-35)36-18-6-12-30(42)24-36/h1-24H. The molecule has 0 amide bonds. The first-order valence-corrected chi connectivity index (χ1v) is 22.5. The van der Waals surface area contributed by atoms with E-state index in [0.29, 0.717) is 30.1 Å². The van der Waals surface area contributed by atoms with Gasteiger partial charge in [0.1, 0.15) is 0 Å². The smallest absolute Gasteiger partial charge is 0.390 e. The van der Waals surface area contributed by atoms with Gasteiger partial charge in [-0.1, -0.05) is 142 Å². The molecule has 0 spiro atoms. The second kappa shape index (κ2) is 13.7. The normalized spacial score (nSPS) is 16.4. The Kier molecular flexibility index (Phi) is 9.73. The lowest BCUT2D eigenvalue weighted by Gasteiger charge is -2.53. The Morgan fingerprint density at radius 3 is 0.583 bits per heavy atom. The number of benzene rings is 6. The zero-order chi connectivity index (χ0) is 33.5. The Morgan fingerprint density at radius 1 is 0.271 bits per heavy atom. The summed E-state index contributed by atoms with van der Waals surface area (Å²) in [5.74, 6) is 0. The van der Waals surface area contributed by atoms with Gasteiger partial charge in [0.05, 0.1) is 0 Å². The second-order valence-electron chi connectivity index (χ2n) is 11.2. The summed E-state index contributed by atoms with van der Waals surface area (Å²) < 4.78 is 23.3. The Morgan fingerprint density at radius 2 is 0.438 bits per heavy atom. The van der Waals surface area contributed by atoms with E-state index in [4.69, 9.17) is 82.0 Å². The van der Waals surface area contributed by atoms with Crippen LogP contribution in [0.2, 0.25) is 30.1 Å². The van der Waals surface area contributed by atoms with Crippen LogP contribution < -0.4 is 31.1 Å². The Hall–Kier alpha value is -2.41. The molecule has 1 aliphatic heterocycles. The molecule has 0 saturated carbocycles. The molecule has 0 bridgehead atoms. The lowest BCUT2D eigenvalue weighted by Crippen LogP contribution is -2.88. The minimum atomic E-state index is -3.91. The summed E-state index contributed by atoms with van der Waals surface area (Å²) in [7, 11) is -11.7. The summed E-state index contributed by atoms with van der Waals surface area (Å²) in [6.45, 7) is 0. The van der Waals surface area contributed by atoms with Crippen LogP contribution in [0.3, 0.4) is 0 Å². The molecule has 0 unspecified atom stereocenters. The minimum absolute atomic E-state index is 0.524. The van der Waals surface area contributed by atoms with Crippen LogP contribution >= 0.6 is 69.6 Å². The molecule has 0 N–H and O–H groups in total. The third-order valence-electron chi connectivity index (χ3n) is 8.09. The first-order valence-electron chi connectivity index (χ1n) is 14.8. The summed E-state index contributed by atoms with van der Waals surface area (Å²) in [6.07, 6.45) is 0. The number of rotatable bonds is 6. The van der Waals surface area contributed by atoms with Crippen LogP contribution in [-0.2, 0) is 12.3 Å². The molecule has 0 atom stereocenters. The highest BCUT2D eigenvalue weighted by Crippen LogP contribution is 2.34. The summed E-state index contributed by atoms with van der Waals surface area (Å²) in [5, 5.41) is 7.74. The Bertz CT molecular complexity index is 1760. The third-order valence-corrected chi connectivity index (χ3v) is 22.8. The van der Waals surface area contributed by atoms with E-state index in [0.717, 1.165) is 31.1 Å². The van der Waals surface area contributed by atoms with Gasteiger partial charge in [0.25, 0.3) is 0 Å². The van der Waals surface area contributed by atoms with Crippen LogP contribution in [0, 0.1) is 0 Å². The minimum Gasteiger partial charge on any atom is -0.402 e. The van der Waals surface area contributed by atoms with Crippen molar-refractivity contribution in [3.8, 4) is 0 Å². The monoisotopic (exact) mass is 798 g/mol. The predicted molar refractivity (Wildman–Crippen MR) is 207 cm³/mol. The van der Waals surface area contributed by atoms with Gasteiger partial charge in [0, 0.05) is 30.1 Å². The van der Waals surface area contributed by atoms with Crippen molar-refractivity contribution in [1.82, 2.24) is 0 Å². The predicted octanol–water partition coefficient (Wildman–Crippen LogP) is 7.74. The number of halogens is 6. The lowest BCUT2D eigenvalue weighted by atomic mass is 10.4. The quantitative estimate of drug-likeness (QED) is 0.162. The van der Waals surface area contributed by atoms with Crippen molar-refractivity contribution in [3.63, 3.8) is 0 Å². The molecule has 1 saturated heterocycles. The van der Waals surface area contributed by atoms with Crippen LogP contribution in [0.1, 0.15) is 0 Å². The van der Waals surface area contributed by atoms with Crippen molar-refractivity contribution in [2.45, 2.75) is 0 Å². The largest absolute Gasteiger partial charge is 0.402 e. The van der Waals surface area contributed by atoms with E-state index in [2.05, 4.69) is 0 Å². The number of hydrogen-bond acceptors (Lipinski definition) is 3. The van der Waals surface area contributed by atoms with E-state index in [-0.39, 0.29) is 0 Å². The maximum atomic E-state index is 7.75. The molecule has 7 rings (SSSR count). The fraction of sp³-hybridized carbons (Fsp3) is 0. The summed E-state index contributed by atoms with van der Waals surface area (Å²) in [4.78, 5) is 0. The van der Waals surface area contributed by atoms with E-state index in [1.54, 1.807) is 0 Å². The van der Waals surface area contributed by atoms with Crippen molar-refractivity contribution in [2.24, 2.45) is 0 Å². The summed E-state index contributed by atoms with van der Waals surface area (Å²) in [5.41, 5.74) is 0. The molecule has 0 aromatic heterocycles. The van der Waals surface area contributed by atoms with Crippen LogP contribution in [0.15, 0.2) is 146 Å². The fourth-order valence-electron chi connectivity index (χ4n) is 6.04. The van der Waals surface area contributed by atoms with Gasteiger partial charge in [-0.2, -0.15) is 0 Å². The van der Waals surface area contributed by atoms with Crippen molar-refractivity contribution in [3.05, 3.63) is 176 Å². The highest BCUT2D eigenvalue weighted by atomic mass is 35.5. The van der Waals surface area contributed by atoms with Gasteiger partial charge in [-0.05, 0) is 104 Å². The molecule has 1 heterocycles. The molecule has 0 aliphatic carbocycles. The van der Waals surface area contributed by atoms with Gasteiger partial charge >= 0.3 is 25.7 Å². The number of hydrogen-bond donors (Lipinski definition) is 0. The van der Waals surface area contributed by atoms with Crippen molar-refractivity contribution in [2.75, 3.05) is 0 Å². The van der Waals surface area contributed by atoms with Gasteiger partial charge in [0.15, 0.2) is 0 Å². The third kappa shape index (κ3) is 6.35. The van der Waals surface area contributed by atoms with E-state index in [1.807, 2.05) is 146 Å². The Balaban J connectivity index is 1.69. The summed E-state index contributed by atoms with van der Waals surface area (Å²) >= 11 is 40.5. The van der Waals surface area contributed by atoms with Crippen molar-refractivity contribution >= 4 is 126 Å². The second-order valence-corrected chi connectivity index (χ2v) is 23.4. The van der Waals surface area contributed by atoms with Crippen molar-refractivity contribution in [1.29, 1.82) is 0 Å². The highest BCUT2D eigenvalue weighted by molar-refractivity contribution is 7.16. The average Bonchev–Trinajstić information content (AvgIpc) is 3.08. The molecule has 3 nitrogen and oxygen atoms in total. The van der Waals surface area contributed by atoms with E-state index < -0.39 is 25.7 Å². The molecule has 6 aromatic carbocycles. The zero-order valence-electron chi connectivity index (χ0n) is 24.8. The molecule has 0 radical (unpaired) electrons. The van der Waals surface area contributed by atoms with E-state index >= 15 is 0 Å². The fourth-order valence-corrected chi connectivity index (χ4v) is 24.8. The first-order chi connectivity index (χ1) is 23.1. The first kappa shape index (κ1) is 34.1. The van der Waals surface area contributed by atoms with Gasteiger partial charge in [0.2, 0.25) is 0 Å². The van der Waals surface area contributed by atoms with Gasteiger partial charge < -0.3 is 12.3 Å². The Labute approximate surface area is 312 Å². The molecule has 240 valence electrons. The van der Waals surface area contributed by atoms with E-state index in [9.17, 15) is 0 Å². The van der Waals surface area contributed by atoms with Crippen LogP contribution in [0.4, 0.5) is 0 Å². The SMILES string of the molecule is Clc1cccc([Si]2(c3cccc(Cl)c3)O[Si](c3cccc(Cl)c3)(c3cccc(Cl)c3)O[Si](c3cccc(Cl)c3)(c3cccc(Cl)c3)O2)c1. The average molecular weight is 802 g/mol. The molecule has 48 heavy (non-hydrogen) atoms. The zero-order valence-corrected chi connectivity index (χ0v) is 32.4. The molecule has 1 fully saturated rings. The maximum Gasteiger partial charge on any atom is 0.390 e. The maximum absolute atomic E-state index is 7.75. The summed E-state index contributed by atoms with van der Waals surface area (Å²) in [6, 6.07) is 45.5. The van der Waals surface area contributed by atoms with Crippen LogP contribution in [0.5, 0.6) is 0 Å². The van der Waals surface area contributed by atoms with Crippen LogP contribution in [0.25, 0.3) is 0 Å². The molecule has 1 aliphatic rings. The lowest BCUT2D eigenvalue weighted by molar-refractivity contribution is 0.268. The molecular weight excluding hydrogens is 777 g/mol. The molecule has 12 heteroatoms.